The summed E-state index contributed by atoms with van der Waals surface area (Å²) in [6.07, 6.45) is 2.36. The fraction of sp³-hybridized carbons (Fsp3) is 0.500. The minimum atomic E-state index is -0.478. The number of para-hydroxylation sites is 1. The third-order valence-electron chi connectivity index (χ3n) is 6.18. The second kappa shape index (κ2) is 7.75. The standard InChI is InChI=1S/C22H26N4O4/c1-15-21-23-17(13-20(27)24-8-10-29-11-9-24)14-25(21)6-7-26(15)22(28)19-12-16-4-2-3-5-18(16)30-19/h2-5,14-15,19H,6-13H2,1H3. The molecule has 0 N–H and O–H groups in total. The number of carbonyl (C=O) groups excluding carboxylic acids is 2. The summed E-state index contributed by atoms with van der Waals surface area (Å²) >= 11 is 0. The molecule has 0 aliphatic carbocycles. The number of aromatic nitrogens is 2. The Kier molecular flexibility index (Phi) is 4.94. The van der Waals surface area contributed by atoms with Crippen LogP contribution in [0.1, 0.15) is 30.0 Å². The van der Waals surface area contributed by atoms with Gasteiger partial charge in [0, 0.05) is 38.8 Å². The van der Waals surface area contributed by atoms with Gasteiger partial charge in [-0.1, -0.05) is 18.2 Å². The van der Waals surface area contributed by atoms with Gasteiger partial charge in [0.15, 0.2) is 6.10 Å². The zero-order chi connectivity index (χ0) is 20.7. The molecule has 2 atom stereocenters. The predicted molar refractivity (Wildman–Crippen MR) is 108 cm³/mol. The number of carbonyl (C=O) groups is 2. The van der Waals surface area contributed by atoms with Crippen molar-refractivity contribution in [2.75, 3.05) is 32.8 Å². The average molecular weight is 410 g/mol. The van der Waals surface area contributed by atoms with E-state index in [-0.39, 0.29) is 24.3 Å². The molecule has 1 fully saturated rings. The largest absolute Gasteiger partial charge is 0.480 e. The Labute approximate surface area is 175 Å². The Morgan fingerprint density at radius 3 is 2.73 bits per heavy atom. The number of rotatable bonds is 3. The quantitative estimate of drug-likeness (QED) is 0.760. The number of hydrogen-bond donors (Lipinski definition) is 0. The van der Waals surface area contributed by atoms with Crippen molar-refractivity contribution in [3.63, 3.8) is 0 Å². The van der Waals surface area contributed by atoms with Gasteiger partial charge in [0.1, 0.15) is 11.6 Å². The number of imidazole rings is 1. The summed E-state index contributed by atoms with van der Waals surface area (Å²) in [7, 11) is 0. The Hall–Kier alpha value is -2.87. The molecule has 1 aromatic heterocycles. The van der Waals surface area contributed by atoms with Gasteiger partial charge in [-0.05, 0) is 18.6 Å². The van der Waals surface area contributed by atoms with Crippen molar-refractivity contribution in [2.45, 2.75) is 38.5 Å². The van der Waals surface area contributed by atoms with Crippen LogP contribution >= 0.6 is 0 Å². The molecule has 8 nitrogen and oxygen atoms in total. The van der Waals surface area contributed by atoms with Crippen LogP contribution in [0.4, 0.5) is 0 Å². The molecule has 1 aromatic carbocycles. The number of benzene rings is 1. The van der Waals surface area contributed by atoms with E-state index in [9.17, 15) is 9.59 Å². The fourth-order valence-electron chi connectivity index (χ4n) is 4.52. The van der Waals surface area contributed by atoms with Gasteiger partial charge in [0.05, 0.1) is 31.4 Å². The highest BCUT2D eigenvalue weighted by Crippen LogP contribution is 2.32. The first-order valence-corrected chi connectivity index (χ1v) is 10.6. The van der Waals surface area contributed by atoms with Crippen LogP contribution in [0.25, 0.3) is 0 Å². The Morgan fingerprint density at radius 1 is 1.13 bits per heavy atom. The highest BCUT2D eigenvalue weighted by molar-refractivity contribution is 5.83. The zero-order valence-electron chi connectivity index (χ0n) is 17.1. The average Bonchev–Trinajstić information content (AvgIpc) is 3.38. The summed E-state index contributed by atoms with van der Waals surface area (Å²) in [6, 6.07) is 7.64. The van der Waals surface area contributed by atoms with Gasteiger partial charge in [0.25, 0.3) is 5.91 Å². The van der Waals surface area contributed by atoms with Crippen molar-refractivity contribution in [2.24, 2.45) is 0 Å². The molecule has 1 saturated heterocycles. The van der Waals surface area contributed by atoms with Crippen molar-refractivity contribution in [3.05, 3.63) is 47.5 Å². The van der Waals surface area contributed by atoms with Crippen LogP contribution in [0.5, 0.6) is 5.75 Å². The molecule has 30 heavy (non-hydrogen) atoms. The van der Waals surface area contributed by atoms with Crippen molar-refractivity contribution >= 4 is 11.8 Å². The lowest BCUT2D eigenvalue weighted by Crippen LogP contribution is -2.47. The van der Waals surface area contributed by atoms with Crippen LogP contribution in [0.15, 0.2) is 30.5 Å². The minimum absolute atomic E-state index is 0.00102. The van der Waals surface area contributed by atoms with Gasteiger partial charge in [-0.15, -0.1) is 0 Å². The second-order valence-electron chi connectivity index (χ2n) is 8.08. The van der Waals surface area contributed by atoms with Crippen molar-refractivity contribution < 1.29 is 19.1 Å². The molecule has 0 spiro atoms. The first-order chi connectivity index (χ1) is 14.6. The summed E-state index contributed by atoms with van der Waals surface area (Å²) in [5, 5.41) is 0. The summed E-state index contributed by atoms with van der Waals surface area (Å²) in [4.78, 5) is 34.1. The van der Waals surface area contributed by atoms with E-state index in [0.29, 0.717) is 45.8 Å². The molecule has 0 radical (unpaired) electrons. The van der Waals surface area contributed by atoms with Crippen molar-refractivity contribution in [1.29, 1.82) is 0 Å². The Balaban J connectivity index is 1.27. The topological polar surface area (TPSA) is 76.9 Å². The lowest BCUT2D eigenvalue weighted by atomic mass is 10.1. The van der Waals surface area contributed by atoms with E-state index in [1.807, 2.05) is 47.2 Å². The molecule has 158 valence electrons. The van der Waals surface area contributed by atoms with Crippen LogP contribution in [-0.2, 0) is 33.7 Å². The number of hydrogen-bond acceptors (Lipinski definition) is 5. The number of nitrogens with zero attached hydrogens (tertiary/aromatic N) is 4. The van der Waals surface area contributed by atoms with Crippen LogP contribution < -0.4 is 4.74 Å². The van der Waals surface area contributed by atoms with Crippen LogP contribution in [0, 0.1) is 0 Å². The minimum Gasteiger partial charge on any atom is -0.480 e. The van der Waals surface area contributed by atoms with E-state index in [4.69, 9.17) is 14.5 Å². The molecule has 3 aliphatic rings. The van der Waals surface area contributed by atoms with Gasteiger partial charge in [0.2, 0.25) is 5.91 Å². The molecule has 8 heteroatoms. The summed E-state index contributed by atoms with van der Waals surface area (Å²) in [5.74, 6) is 1.70. The van der Waals surface area contributed by atoms with E-state index in [0.717, 1.165) is 22.8 Å². The third kappa shape index (κ3) is 3.45. The molecule has 3 aliphatic heterocycles. The van der Waals surface area contributed by atoms with Gasteiger partial charge in [-0.3, -0.25) is 9.59 Å². The fourth-order valence-corrected chi connectivity index (χ4v) is 4.52. The maximum absolute atomic E-state index is 13.2. The molecular formula is C22H26N4O4. The van der Waals surface area contributed by atoms with Gasteiger partial charge < -0.3 is 23.8 Å². The third-order valence-corrected chi connectivity index (χ3v) is 6.18. The Bertz CT molecular complexity index is 941. The maximum atomic E-state index is 13.2. The number of amides is 2. The van der Waals surface area contributed by atoms with Crippen LogP contribution in [-0.4, -0.2) is 70.1 Å². The molecule has 5 rings (SSSR count). The molecule has 0 saturated carbocycles. The molecular weight excluding hydrogens is 384 g/mol. The molecule has 2 aromatic rings. The van der Waals surface area contributed by atoms with Crippen molar-refractivity contribution in [3.8, 4) is 5.75 Å². The summed E-state index contributed by atoms with van der Waals surface area (Å²) in [6.45, 7) is 5.72. The molecule has 2 unspecified atom stereocenters. The molecule has 4 heterocycles. The summed E-state index contributed by atoms with van der Waals surface area (Å²) < 4.78 is 13.3. The van der Waals surface area contributed by atoms with E-state index in [2.05, 4.69) is 4.57 Å². The van der Waals surface area contributed by atoms with E-state index >= 15 is 0 Å². The highest BCUT2D eigenvalue weighted by Gasteiger charge is 2.37. The van der Waals surface area contributed by atoms with Crippen LogP contribution in [0.3, 0.4) is 0 Å². The van der Waals surface area contributed by atoms with Crippen LogP contribution in [0.2, 0.25) is 0 Å². The van der Waals surface area contributed by atoms with E-state index in [1.165, 1.54) is 0 Å². The Morgan fingerprint density at radius 2 is 1.93 bits per heavy atom. The first-order valence-electron chi connectivity index (χ1n) is 10.6. The zero-order valence-corrected chi connectivity index (χ0v) is 17.1. The van der Waals surface area contributed by atoms with Gasteiger partial charge in [-0.25, -0.2) is 4.98 Å². The van der Waals surface area contributed by atoms with Gasteiger partial charge in [-0.2, -0.15) is 0 Å². The second-order valence-corrected chi connectivity index (χ2v) is 8.08. The number of ether oxygens (including phenoxy) is 2. The smallest absolute Gasteiger partial charge is 0.264 e. The number of morpholine rings is 1. The van der Waals surface area contributed by atoms with E-state index < -0.39 is 6.10 Å². The monoisotopic (exact) mass is 410 g/mol. The van der Waals surface area contributed by atoms with Crippen molar-refractivity contribution in [1.82, 2.24) is 19.4 Å². The van der Waals surface area contributed by atoms with E-state index in [1.54, 1.807) is 0 Å². The molecule has 0 bridgehead atoms. The maximum Gasteiger partial charge on any atom is 0.264 e. The lowest BCUT2D eigenvalue weighted by molar-refractivity contribution is -0.141. The SMILES string of the molecule is CC1c2nc(CC(=O)N3CCOCC3)cn2CCN1C(=O)C1Cc2ccccc2O1. The first kappa shape index (κ1) is 19.1. The lowest BCUT2D eigenvalue weighted by Gasteiger charge is -2.35. The summed E-state index contributed by atoms with van der Waals surface area (Å²) in [5.41, 5.74) is 1.83. The number of fused-ring (bicyclic) bond motifs is 2. The highest BCUT2D eigenvalue weighted by atomic mass is 16.5. The predicted octanol–water partition coefficient (Wildman–Crippen LogP) is 1.19. The normalized spacial score (nSPS) is 23.0. The van der Waals surface area contributed by atoms with Gasteiger partial charge >= 0.3 is 0 Å². The molecule has 2 amide bonds.